The lowest BCUT2D eigenvalue weighted by atomic mass is 9.98. The Morgan fingerprint density at radius 1 is 1.00 bits per heavy atom. The number of alkyl carbamates (subject to hydrolysis) is 1. The van der Waals surface area contributed by atoms with Gasteiger partial charge in [0.15, 0.2) is 0 Å². The molecule has 8 nitrogen and oxygen atoms in total. The molecular formula is C26H30N2O6. The number of carboxylic acids is 1. The molecule has 2 amide bonds. The summed E-state index contributed by atoms with van der Waals surface area (Å²) in [7, 11) is 0. The SMILES string of the molecule is O=C(NCCOCCC(=O)N1CCC[C@@H](C(=O)O)C1)OCC1c2ccccc2-c2ccccc21. The first-order chi connectivity index (χ1) is 16.5. The third kappa shape index (κ3) is 5.56. The van der Waals surface area contributed by atoms with Crippen LogP contribution in [0.1, 0.15) is 36.3 Å². The van der Waals surface area contributed by atoms with Crippen molar-refractivity contribution in [2.75, 3.05) is 39.5 Å². The zero-order valence-corrected chi connectivity index (χ0v) is 19.1. The van der Waals surface area contributed by atoms with Gasteiger partial charge in [0, 0.05) is 25.6 Å². The molecular weight excluding hydrogens is 436 g/mol. The number of carbonyl (C=O) groups excluding carboxylic acids is 2. The fourth-order valence-electron chi connectivity index (χ4n) is 4.70. The largest absolute Gasteiger partial charge is 0.481 e. The number of fused-ring (bicyclic) bond motifs is 3. The summed E-state index contributed by atoms with van der Waals surface area (Å²) in [5, 5.41) is 11.8. The standard InChI is InChI=1S/C26H30N2O6/c29-24(28-13-5-6-18(16-28)25(30)31)11-14-33-15-12-27-26(32)34-17-23-21-9-3-1-7-19(21)20-8-2-4-10-22(20)23/h1-4,7-10,18,23H,5-6,11-17H2,(H,27,32)(H,30,31)/t18-/m1/s1. The topological polar surface area (TPSA) is 105 Å². The molecule has 0 saturated carbocycles. The van der Waals surface area contributed by atoms with E-state index < -0.39 is 18.0 Å². The first-order valence-electron chi connectivity index (χ1n) is 11.7. The van der Waals surface area contributed by atoms with E-state index in [-0.39, 0.29) is 51.2 Å². The monoisotopic (exact) mass is 466 g/mol. The smallest absolute Gasteiger partial charge is 0.407 e. The Bertz CT molecular complexity index is 994. The van der Waals surface area contributed by atoms with Gasteiger partial charge in [0.2, 0.25) is 5.91 Å². The van der Waals surface area contributed by atoms with Gasteiger partial charge in [-0.3, -0.25) is 9.59 Å². The summed E-state index contributed by atoms with van der Waals surface area (Å²) in [5.41, 5.74) is 4.68. The minimum Gasteiger partial charge on any atom is -0.481 e. The van der Waals surface area contributed by atoms with Crippen LogP contribution in [-0.2, 0) is 19.1 Å². The molecule has 0 unspecified atom stereocenters. The third-order valence-electron chi connectivity index (χ3n) is 6.44. The minimum atomic E-state index is -0.854. The second kappa shape index (κ2) is 11.2. The number of aliphatic carboxylic acids is 1. The van der Waals surface area contributed by atoms with Crippen molar-refractivity contribution in [3.8, 4) is 11.1 Å². The first kappa shape index (κ1) is 23.8. The van der Waals surface area contributed by atoms with Crippen molar-refractivity contribution in [1.82, 2.24) is 10.2 Å². The van der Waals surface area contributed by atoms with Crippen LogP contribution in [0.5, 0.6) is 0 Å². The first-order valence-corrected chi connectivity index (χ1v) is 11.7. The number of ether oxygens (including phenoxy) is 2. The van der Waals surface area contributed by atoms with E-state index in [1.807, 2.05) is 24.3 Å². The number of benzene rings is 2. The molecule has 2 aromatic carbocycles. The van der Waals surface area contributed by atoms with Gasteiger partial charge < -0.3 is 24.8 Å². The van der Waals surface area contributed by atoms with Crippen molar-refractivity contribution in [1.29, 1.82) is 0 Å². The molecule has 0 aromatic heterocycles. The van der Waals surface area contributed by atoms with Gasteiger partial charge in [0.05, 0.1) is 25.6 Å². The van der Waals surface area contributed by atoms with Gasteiger partial charge in [0.25, 0.3) is 0 Å². The summed E-state index contributed by atoms with van der Waals surface area (Å²) in [6, 6.07) is 16.3. The van der Waals surface area contributed by atoms with Crippen LogP contribution in [0.4, 0.5) is 4.79 Å². The number of amides is 2. The molecule has 4 rings (SSSR count). The van der Waals surface area contributed by atoms with Gasteiger partial charge in [0.1, 0.15) is 6.61 Å². The number of rotatable bonds is 9. The van der Waals surface area contributed by atoms with Crippen LogP contribution < -0.4 is 5.32 Å². The highest BCUT2D eigenvalue weighted by Crippen LogP contribution is 2.44. The number of nitrogens with zero attached hydrogens (tertiary/aromatic N) is 1. The summed E-state index contributed by atoms with van der Waals surface area (Å²) in [5.74, 6) is -1.43. The van der Waals surface area contributed by atoms with Crippen LogP contribution in [0.3, 0.4) is 0 Å². The van der Waals surface area contributed by atoms with E-state index >= 15 is 0 Å². The Balaban J connectivity index is 1.13. The second-order valence-corrected chi connectivity index (χ2v) is 8.63. The number of carbonyl (C=O) groups is 3. The number of carboxylic acid groups (broad SMARTS) is 1. The van der Waals surface area contributed by atoms with Crippen molar-refractivity contribution in [3.63, 3.8) is 0 Å². The quantitative estimate of drug-likeness (QED) is 0.550. The predicted octanol–water partition coefficient (Wildman–Crippen LogP) is 3.26. The van der Waals surface area contributed by atoms with E-state index in [0.29, 0.717) is 19.4 Å². The molecule has 1 fully saturated rings. The number of likely N-dealkylation sites (tertiary alicyclic amines) is 1. The molecule has 0 spiro atoms. The Labute approximate surface area is 198 Å². The molecule has 2 aliphatic rings. The molecule has 0 bridgehead atoms. The van der Waals surface area contributed by atoms with Crippen molar-refractivity contribution in [2.45, 2.75) is 25.2 Å². The maximum Gasteiger partial charge on any atom is 0.407 e. The van der Waals surface area contributed by atoms with Crippen molar-refractivity contribution >= 4 is 18.0 Å². The molecule has 180 valence electrons. The van der Waals surface area contributed by atoms with Crippen LogP contribution >= 0.6 is 0 Å². The fourth-order valence-corrected chi connectivity index (χ4v) is 4.70. The summed E-state index contributed by atoms with van der Waals surface area (Å²) in [4.78, 5) is 37.1. The summed E-state index contributed by atoms with van der Waals surface area (Å²) in [6.45, 7) is 1.86. The third-order valence-corrected chi connectivity index (χ3v) is 6.44. The van der Waals surface area contributed by atoms with Crippen LogP contribution in [0.15, 0.2) is 48.5 Å². The predicted molar refractivity (Wildman–Crippen MR) is 125 cm³/mol. The maximum absolute atomic E-state index is 12.3. The molecule has 8 heteroatoms. The second-order valence-electron chi connectivity index (χ2n) is 8.63. The minimum absolute atomic E-state index is 0.0101. The molecule has 1 aliphatic heterocycles. The Morgan fingerprint density at radius 3 is 2.35 bits per heavy atom. The lowest BCUT2D eigenvalue weighted by molar-refractivity contribution is -0.145. The van der Waals surface area contributed by atoms with E-state index in [4.69, 9.17) is 14.6 Å². The lowest BCUT2D eigenvalue weighted by Crippen LogP contribution is -2.42. The van der Waals surface area contributed by atoms with Crippen molar-refractivity contribution < 1.29 is 29.0 Å². The molecule has 2 N–H and O–H groups in total. The zero-order valence-electron chi connectivity index (χ0n) is 19.1. The van der Waals surface area contributed by atoms with E-state index in [2.05, 4.69) is 29.6 Å². The van der Waals surface area contributed by atoms with Gasteiger partial charge in [-0.25, -0.2) is 4.79 Å². The Morgan fingerprint density at radius 2 is 1.68 bits per heavy atom. The summed E-state index contributed by atoms with van der Waals surface area (Å²) < 4.78 is 10.9. The average Bonchev–Trinajstić information content (AvgIpc) is 3.18. The summed E-state index contributed by atoms with van der Waals surface area (Å²) in [6.07, 6.45) is 0.997. The normalized spacial score (nSPS) is 17.1. The lowest BCUT2D eigenvalue weighted by Gasteiger charge is -2.30. The Hall–Kier alpha value is -3.39. The molecule has 1 saturated heterocycles. The highest BCUT2D eigenvalue weighted by Gasteiger charge is 2.29. The van der Waals surface area contributed by atoms with Crippen LogP contribution in [-0.4, -0.2) is 67.4 Å². The number of nitrogens with one attached hydrogen (secondary N) is 1. The van der Waals surface area contributed by atoms with Crippen LogP contribution in [0, 0.1) is 5.92 Å². The highest BCUT2D eigenvalue weighted by atomic mass is 16.5. The molecule has 1 heterocycles. The van der Waals surface area contributed by atoms with Gasteiger partial charge in [-0.2, -0.15) is 0 Å². The van der Waals surface area contributed by atoms with E-state index in [9.17, 15) is 14.4 Å². The molecule has 1 atom stereocenters. The number of hydrogen-bond acceptors (Lipinski definition) is 5. The molecule has 1 aliphatic carbocycles. The van der Waals surface area contributed by atoms with Crippen molar-refractivity contribution in [2.24, 2.45) is 5.92 Å². The van der Waals surface area contributed by atoms with Gasteiger partial charge in [-0.1, -0.05) is 48.5 Å². The molecule has 34 heavy (non-hydrogen) atoms. The van der Waals surface area contributed by atoms with Gasteiger partial charge in [-0.05, 0) is 35.1 Å². The average molecular weight is 467 g/mol. The molecule has 0 radical (unpaired) electrons. The van der Waals surface area contributed by atoms with Crippen LogP contribution in [0.25, 0.3) is 11.1 Å². The van der Waals surface area contributed by atoms with E-state index in [1.54, 1.807) is 4.90 Å². The van der Waals surface area contributed by atoms with Crippen molar-refractivity contribution in [3.05, 3.63) is 59.7 Å². The highest BCUT2D eigenvalue weighted by molar-refractivity contribution is 5.79. The van der Waals surface area contributed by atoms with E-state index in [0.717, 1.165) is 11.1 Å². The Kier molecular flexibility index (Phi) is 7.80. The number of hydrogen-bond donors (Lipinski definition) is 2. The van der Waals surface area contributed by atoms with Gasteiger partial charge >= 0.3 is 12.1 Å². The molecule has 2 aromatic rings. The summed E-state index contributed by atoms with van der Waals surface area (Å²) >= 11 is 0. The van der Waals surface area contributed by atoms with E-state index in [1.165, 1.54) is 11.1 Å². The van der Waals surface area contributed by atoms with Crippen LogP contribution in [0.2, 0.25) is 0 Å². The zero-order chi connectivity index (χ0) is 23.9. The maximum atomic E-state index is 12.3. The van der Waals surface area contributed by atoms with Gasteiger partial charge in [-0.15, -0.1) is 0 Å². The fraction of sp³-hybridized carbons (Fsp3) is 0.423. The number of piperidine rings is 1.